The third-order valence-corrected chi connectivity index (χ3v) is 3.55. The van der Waals surface area contributed by atoms with Crippen LogP contribution < -0.4 is 0 Å². The van der Waals surface area contributed by atoms with Gasteiger partial charge in [0.1, 0.15) is 6.67 Å². The number of hydrogen-bond donors (Lipinski definition) is 0. The van der Waals surface area contributed by atoms with Crippen LogP contribution >= 0.6 is 0 Å². The molecular formula is C10H10FNO2S. The van der Waals surface area contributed by atoms with Crippen molar-refractivity contribution in [2.45, 2.75) is 11.3 Å². The van der Waals surface area contributed by atoms with E-state index in [0.29, 0.717) is 5.56 Å². The highest BCUT2D eigenvalue weighted by Crippen LogP contribution is 2.13. The molecule has 15 heavy (non-hydrogen) atoms. The van der Waals surface area contributed by atoms with Crippen LogP contribution in [0, 0.1) is 11.3 Å². The van der Waals surface area contributed by atoms with Gasteiger partial charge >= 0.3 is 0 Å². The van der Waals surface area contributed by atoms with E-state index in [1.807, 2.05) is 6.07 Å². The van der Waals surface area contributed by atoms with Gasteiger partial charge in [-0.3, -0.25) is 0 Å². The van der Waals surface area contributed by atoms with E-state index in [0.717, 1.165) is 0 Å². The van der Waals surface area contributed by atoms with Crippen LogP contribution in [0.2, 0.25) is 0 Å². The molecule has 0 N–H and O–H groups in total. The molecule has 0 aliphatic carbocycles. The number of halogens is 1. The standard InChI is InChI=1S/C10H10FNO2S/c11-5-7-15(13,14)10-3-1-2-9(8-10)4-6-12/h1-3,8H,4-5,7H2. The molecule has 5 heteroatoms. The Balaban J connectivity index is 3.06. The summed E-state index contributed by atoms with van der Waals surface area (Å²) in [6, 6.07) is 7.96. The summed E-state index contributed by atoms with van der Waals surface area (Å²) in [5.74, 6) is -0.511. The molecule has 1 rings (SSSR count). The number of sulfone groups is 1. The zero-order chi connectivity index (χ0) is 11.3. The molecule has 0 unspecified atom stereocenters. The van der Waals surface area contributed by atoms with Crippen molar-refractivity contribution in [2.24, 2.45) is 0 Å². The fraction of sp³-hybridized carbons (Fsp3) is 0.300. The SMILES string of the molecule is N#CCc1cccc(S(=O)(=O)CCF)c1. The summed E-state index contributed by atoms with van der Waals surface area (Å²) in [5, 5.41) is 8.46. The first-order valence-electron chi connectivity index (χ1n) is 4.35. The van der Waals surface area contributed by atoms with Gasteiger partial charge in [-0.25, -0.2) is 12.8 Å². The zero-order valence-electron chi connectivity index (χ0n) is 7.98. The van der Waals surface area contributed by atoms with Crippen molar-refractivity contribution in [1.29, 1.82) is 5.26 Å². The molecule has 0 atom stereocenters. The van der Waals surface area contributed by atoms with Gasteiger partial charge in [0.2, 0.25) is 0 Å². The first kappa shape index (κ1) is 11.7. The van der Waals surface area contributed by atoms with Gasteiger partial charge in [0.15, 0.2) is 9.84 Å². The lowest BCUT2D eigenvalue weighted by molar-refractivity contribution is 0.517. The van der Waals surface area contributed by atoms with Crippen LogP contribution in [-0.2, 0) is 16.3 Å². The molecule has 0 amide bonds. The van der Waals surface area contributed by atoms with E-state index >= 15 is 0 Å². The quantitative estimate of drug-likeness (QED) is 0.783. The van der Waals surface area contributed by atoms with Crippen molar-refractivity contribution in [3.05, 3.63) is 29.8 Å². The van der Waals surface area contributed by atoms with Crippen molar-refractivity contribution in [2.75, 3.05) is 12.4 Å². The Morgan fingerprint density at radius 3 is 2.73 bits per heavy atom. The largest absolute Gasteiger partial charge is 0.250 e. The number of alkyl halides is 1. The summed E-state index contributed by atoms with van der Waals surface area (Å²) in [6.45, 7) is -0.898. The lowest BCUT2D eigenvalue weighted by Gasteiger charge is -2.02. The molecule has 0 aliphatic rings. The van der Waals surface area contributed by atoms with E-state index in [9.17, 15) is 12.8 Å². The van der Waals surface area contributed by atoms with E-state index in [2.05, 4.69) is 0 Å². The van der Waals surface area contributed by atoms with Gasteiger partial charge in [-0.15, -0.1) is 0 Å². The Morgan fingerprint density at radius 2 is 2.13 bits per heavy atom. The molecule has 1 aromatic carbocycles. The third kappa shape index (κ3) is 3.03. The fourth-order valence-corrected chi connectivity index (χ4v) is 2.22. The second-order valence-electron chi connectivity index (χ2n) is 2.99. The summed E-state index contributed by atoms with van der Waals surface area (Å²) < 4.78 is 34.9. The van der Waals surface area contributed by atoms with Gasteiger partial charge in [0.05, 0.1) is 23.1 Å². The Labute approximate surface area is 88.1 Å². The molecule has 0 saturated carbocycles. The summed E-state index contributed by atoms with van der Waals surface area (Å²) in [4.78, 5) is 0.0768. The second-order valence-corrected chi connectivity index (χ2v) is 5.10. The number of hydrogen-bond acceptors (Lipinski definition) is 3. The molecule has 0 fully saturated rings. The fourth-order valence-electron chi connectivity index (χ4n) is 1.16. The van der Waals surface area contributed by atoms with Crippen LogP contribution in [0.25, 0.3) is 0 Å². The molecule has 0 spiro atoms. The number of rotatable bonds is 4. The van der Waals surface area contributed by atoms with Crippen molar-refractivity contribution in [3.63, 3.8) is 0 Å². The van der Waals surface area contributed by atoms with E-state index in [-0.39, 0.29) is 11.3 Å². The maximum atomic E-state index is 12.0. The van der Waals surface area contributed by atoms with Crippen molar-refractivity contribution < 1.29 is 12.8 Å². The highest BCUT2D eigenvalue weighted by molar-refractivity contribution is 7.91. The minimum Gasteiger partial charge on any atom is -0.250 e. The average Bonchev–Trinajstić information content (AvgIpc) is 2.19. The maximum absolute atomic E-state index is 12.0. The Kier molecular flexibility index (Phi) is 3.81. The summed E-state index contributed by atoms with van der Waals surface area (Å²) in [5.41, 5.74) is 0.623. The summed E-state index contributed by atoms with van der Waals surface area (Å²) >= 11 is 0. The van der Waals surface area contributed by atoms with E-state index in [1.165, 1.54) is 12.1 Å². The first-order chi connectivity index (χ1) is 7.10. The highest BCUT2D eigenvalue weighted by Gasteiger charge is 2.13. The Hall–Kier alpha value is -1.41. The molecule has 0 saturated heterocycles. The summed E-state index contributed by atoms with van der Waals surface area (Å²) in [7, 11) is -3.54. The first-order valence-corrected chi connectivity index (χ1v) is 6.00. The second kappa shape index (κ2) is 4.89. The van der Waals surface area contributed by atoms with Gasteiger partial charge in [-0.1, -0.05) is 12.1 Å². The van der Waals surface area contributed by atoms with Crippen LogP contribution in [0.3, 0.4) is 0 Å². The average molecular weight is 227 g/mol. The maximum Gasteiger partial charge on any atom is 0.180 e. The lowest BCUT2D eigenvalue weighted by atomic mass is 10.2. The number of nitriles is 1. The minimum atomic E-state index is -3.54. The van der Waals surface area contributed by atoms with Crippen molar-refractivity contribution in [3.8, 4) is 6.07 Å². The van der Waals surface area contributed by atoms with E-state index < -0.39 is 22.3 Å². The molecule has 3 nitrogen and oxygen atoms in total. The minimum absolute atomic E-state index is 0.0768. The van der Waals surface area contributed by atoms with Gasteiger partial charge < -0.3 is 0 Å². The van der Waals surface area contributed by atoms with Gasteiger partial charge in [-0.2, -0.15) is 5.26 Å². The number of benzene rings is 1. The number of nitrogens with zero attached hydrogens (tertiary/aromatic N) is 1. The molecule has 0 aliphatic heterocycles. The molecule has 1 aromatic rings. The van der Waals surface area contributed by atoms with Gasteiger partial charge in [-0.05, 0) is 17.7 Å². The van der Waals surface area contributed by atoms with Gasteiger partial charge in [0.25, 0.3) is 0 Å². The third-order valence-electron chi connectivity index (χ3n) is 1.89. The van der Waals surface area contributed by atoms with Crippen molar-refractivity contribution in [1.82, 2.24) is 0 Å². The lowest BCUT2D eigenvalue weighted by Crippen LogP contribution is -2.08. The smallest absolute Gasteiger partial charge is 0.180 e. The van der Waals surface area contributed by atoms with E-state index in [4.69, 9.17) is 5.26 Å². The van der Waals surface area contributed by atoms with Crippen LogP contribution in [-0.4, -0.2) is 20.8 Å². The van der Waals surface area contributed by atoms with Gasteiger partial charge in [0, 0.05) is 0 Å². The van der Waals surface area contributed by atoms with Crippen LogP contribution in [0.1, 0.15) is 5.56 Å². The molecule has 0 aromatic heterocycles. The zero-order valence-corrected chi connectivity index (χ0v) is 8.80. The highest BCUT2D eigenvalue weighted by atomic mass is 32.2. The van der Waals surface area contributed by atoms with Crippen LogP contribution in [0.15, 0.2) is 29.2 Å². The normalized spacial score (nSPS) is 10.9. The summed E-state index contributed by atoms with van der Waals surface area (Å²) in [6.07, 6.45) is 0.152. The Morgan fingerprint density at radius 1 is 1.40 bits per heavy atom. The molecule has 0 radical (unpaired) electrons. The molecule has 80 valence electrons. The van der Waals surface area contributed by atoms with Crippen molar-refractivity contribution >= 4 is 9.84 Å². The molecule has 0 heterocycles. The van der Waals surface area contributed by atoms with E-state index in [1.54, 1.807) is 12.1 Å². The van der Waals surface area contributed by atoms with Crippen LogP contribution in [0.4, 0.5) is 4.39 Å². The predicted octanol–water partition coefficient (Wildman–Crippen LogP) is 1.50. The molecule has 0 bridgehead atoms. The topological polar surface area (TPSA) is 57.9 Å². The predicted molar refractivity (Wildman–Crippen MR) is 53.8 cm³/mol. The van der Waals surface area contributed by atoms with Crippen LogP contribution in [0.5, 0.6) is 0 Å². The monoisotopic (exact) mass is 227 g/mol. The molecular weight excluding hydrogens is 217 g/mol. The Bertz CT molecular complexity index is 476.